The summed E-state index contributed by atoms with van der Waals surface area (Å²) in [5, 5.41) is 18.3. The third-order valence-electron chi connectivity index (χ3n) is 5.75. The van der Waals surface area contributed by atoms with Gasteiger partial charge in [-0.3, -0.25) is 0 Å². The zero-order chi connectivity index (χ0) is 24.9. The molecule has 0 aromatic rings. The maximum Gasteiger partial charge on any atom is 0.294 e. The first-order valence-corrected chi connectivity index (χ1v) is 13.5. The molecule has 0 N–H and O–H groups in total. The lowest BCUT2D eigenvalue weighted by Crippen LogP contribution is -2.38. The summed E-state index contributed by atoms with van der Waals surface area (Å²) in [6, 6.07) is 0. The smallest absolute Gasteiger partial charge is 0.294 e. The van der Waals surface area contributed by atoms with Crippen LogP contribution in [0.4, 0.5) is 0 Å². The molecule has 4 rings (SSSR count). The fourth-order valence-electron chi connectivity index (χ4n) is 4.34. The van der Waals surface area contributed by atoms with Crippen molar-refractivity contribution < 1.29 is 47.2 Å². The highest BCUT2D eigenvalue weighted by molar-refractivity contribution is 8.00. The first-order valence-electron chi connectivity index (χ1n) is 10.7. The molecule has 0 aliphatic carbocycles. The molecule has 0 aromatic carbocycles. The van der Waals surface area contributed by atoms with Gasteiger partial charge in [-0.2, -0.15) is 0 Å². The summed E-state index contributed by atoms with van der Waals surface area (Å²) in [7, 11) is -3.29. The van der Waals surface area contributed by atoms with E-state index in [1.165, 1.54) is 0 Å². The van der Waals surface area contributed by atoms with Crippen LogP contribution in [0.15, 0.2) is 12.7 Å². The number of hydrogen-bond donors (Lipinski definition) is 0. The van der Waals surface area contributed by atoms with E-state index in [0.717, 1.165) is 5.75 Å². The maximum absolute atomic E-state index is 12.0. The molecule has 4 saturated heterocycles. The second kappa shape index (κ2) is 11.8. The summed E-state index contributed by atoms with van der Waals surface area (Å²) >= 11 is 1.69. The normalized spacial score (nSPS) is 36.1. The van der Waals surface area contributed by atoms with Crippen LogP contribution in [0.3, 0.4) is 0 Å². The lowest BCUT2D eigenvalue weighted by molar-refractivity contribution is -0.769. The molecule has 194 valence electrons. The number of nitrogens with zero attached hydrogens (tertiary/aromatic N) is 2. The Morgan fingerprint density at radius 1 is 0.941 bits per heavy atom. The van der Waals surface area contributed by atoms with Gasteiger partial charge in [-0.1, -0.05) is 13.0 Å². The second-order valence-corrected chi connectivity index (χ2v) is 11.6. The summed E-state index contributed by atoms with van der Waals surface area (Å²) in [5.41, 5.74) is 0. The van der Waals surface area contributed by atoms with Crippen molar-refractivity contribution in [2.24, 2.45) is 0 Å². The minimum Gasteiger partial charge on any atom is -0.372 e. The highest BCUT2D eigenvalue weighted by Crippen LogP contribution is 2.35. The third-order valence-corrected chi connectivity index (χ3v) is 9.31. The van der Waals surface area contributed by atoms with Gasteiger partial charge in [0, 0.05) is 5.75 Å². The zero-order valence-corrected chi connectivity index (χ0v) is 20.1. The molecular formula is C18H28N2O12S2. The minimum absolute atomic E-state index is 0.00917. The van der Waals surface area contributed by atoms with Crippen molar-refractivity contribution in [3.63, 3.8) is 0 Å². The Balaban J connectivity index is 0.000000192. The van der Waals surface area contributed by atoms with Gasteiger partial charge in [0.1, 0.15) is 29.7 Å². The SMILES string of the molecule is C=CCS[C@H]1CO[C@H]2[C@@H]1OC[C@H]2O[N+](=O)[O-].CCCS(=O)(=O)[C@H]1CO[C@H]2[C@@H]1OC[C@H]2O[N+](=O)[O-]. The van der Waals surface area contributed by atoms with Crippen molar-refractivity contribution in [2.45, 2.75) is 60.5 Å². The standard InChI is InChI=1S/C9H15NO7S.C9H13NO5S/c1-2-3-18(13,14)7-5-16-8-6(17-10(11)12)4-15-9(7)8;1-2-3-16-7-5-14-8-6(15-10(11)12)4-13-9(7)8/h6-9H,2-5H2,1H3;2,6-9H,1,3-5H2/t2*6-,7+,8-,9-/m11/s1. The van der Waals surface area contributed by atoms with E-state index in [-0.39, 0.29) is 43.0 Å². The van der Waals surface area contributed by atoms with Crippen molar-refractivity contribution in [1.82, 2.24) is 0 Å². The number of sulfone groups is 1. The third kappa shape index (κ3) is 6.28. The molecule has 8 atom stereocenters. The van der Waals surface area contributed by atoms with Crippen LogP contribution < -0.4 is 0 Å². The molecule has 0 saturated carbocycles. The monoisotopic (exact) mass is 528 g/mol. The van der Waals surface area contributed by atoms with Gasteiger partial charge in [-0.05, 0) is 6.42 Å². The fraction of sp³-hybridized carbons (Fsp3) is 0.889. The predicted molar refractivity (Wildman–Crippen MR) is 117 cm³/mol. The highest BCUT2D eigenvalue weighted by atomic mass is 32.2. The van der Waals surface area contributed by atoms with Gasteiger partial charge in [0.2, 0.25) is 0 Å². The van der Waals surface area contributed by atoms with E-state index < -0.39 is 49.7 Å². The van der Waals surface area contributed by atoms with Crippen LogP contribution >= 0.6 is 11.8 Å². The van der Waals surface area contributed by atoms with Gasteiger partial charge < -0.3 is 28.6 Å². The van der Waals surface area contributed by atoms with Gasteiger partial charge in [0.15, 0.2) is 22.0 Å². The second-order valence-electron chi connectivity index (χ2n) is 7.99. The van der Waals surface area contributed by atoms with Crippen LogP contribution in [-0.4, -0.2) is 104 Å². The summed E-state index contributed by atoms with van der Waals surface area (Å²) in [4.78, 5) is 29.5. The van der Waals surface area contributed by atoms with E-state index >= 15 is 0 Å². The first kappa shape index (κ1) is 26.9. The highest BCUT2D eigenvalue weighted by Gasteiger charge is 2.53. The molecule has 4 fully saturated rings. The lowest BCUT2D eigenvalue weighted by atomic mass is 10.1. The van der Waals surface area contributed by atoms with Crippen LogP contribution in [0, 0.1) is 20.2 Å². The topological polar surface area (TPSA) is 176 Å². The summed E-state index contributed by atoms with van der Waals surface area (Å²) in [6.07, 6.45) is -0.842. The summed E-state index contributed by atoms with van der Waals surface area (Å²) in [5.74, 6) is 0.885. The van der Waals surface area contributed by atoms with E-state index in [0.29, 0.717) is 13.0 Å². The van der Waals surface area contributed by atoms with E-state index in [2.05, 4.69) is 16.3 Å². The Hall–Kier alpha value is -1.72. The molecule has 14 nitrogen and oxygen atoms in total. The number of ether oxygens (including phenoxy) is 4. The van der Waals surface area contributed by atoms with Gasteiger partial charge in [-0.25, -0.2) is 8.42 Å². The van der Waals surface area contributed by atoms with E-state index in [1.807, 2.05) is 6.08 Å². The van der Waals surface area contributed by atoms with E-state index in [1.54, 1.807) is 18.7 Å². The molecule has 16 heteroatoms. The van der Waals surface area contributed by atoms with Crippen molar-refractivity contribution >= 4 is 21.6 Å². The zero-order valence-electron chi connectivity index (χ0n) is 18.5. The largest absolute Gasteiger partial charge is 0.372 e. The Morgan fingerprint density at radius 2 is 1.47 bits per heavy atom. The average molecular weight is 529 g/mol. The van der Waals surface area contributed by atoms with Crippen molar-refractivity contribution in [2.75, 3.05) is 37.9 Å². The number of hydrogen-bond acceptors (Lipinski definition) is 13. The van der Waals surface area contributed by atoms with Crippen LogP contribution in [0.2, 0.25) is 0 Å². The molecule has 4 heterocycles. The van der Waals surface area contributed by atoms with Crippen LogP contribution in [0.1, 0.15) is 13.3 Å². The van der Waals surface area contributed by atoms with E-state index in [9.17, 15) is 28.6 Å². The molecule has 4 aliphatic rings. The Morgan fingerprint density at radius 3 is 2.03 bits per heavy atom. The molecular weight excluding hydrogens is 500 g/mol. The summed E-state index contributed by atoms with van der Waals surface area (Å²) in [6.45, 7) is 6.18. The van der Waals surface area contributed by atoms with Crippen LogP contribution in [-0.2, 0) is 38.5 Å². The van der Waals surface area contributed by atoms with Gasteiger partial charge >= 0.3 is 0 Å². The van der Waals surface area contributed by atoms with Gasteiger partial charge in [-0.15, -0.1) is 38.6 Å². The molecule has 0 amide bonds. The van der Waals surface area contributed by atoms with Gasteiger partial charge in [0.05, 0.1) is 37.4 Å². The Labute approximate surface area is 200 Å². The van der Waals surface area contributed by atoms with Crippen LogP contribution in [0.5, 0.6) is 0 Å². The summed E-state index contributed by atoms with van der Waals surface area (Å²) < 4.78 is 45.5. The van der Waals surface area contributed by atoms with Crippen molar-refractivity contribution in [3.8, 4) is 0 Å². The lowest BCUT2D eigenvalue weighted by Gasteiger charge is -2.16. The molecule has 0 bridgehead atoms. The first-order chi connectivity index (χ1) is 16.2. The number of thioether (sulfide) groups is 1. The van der Waals surface area contributed by atoms with Crippen molar-refractivity contribution in [3.05, 3.63) is 32.9 Å². The van der Waals surface area contributed by atoms with Crippen molar-refractivity contribution in [1.29, 1.82) is 0 Å². The Bertz CT molecular complexity index is 843. The molecule has 0 aromatic heterocycles. The fourth-order valence-corrected chi connectivity index (χ4v) is 7.12. The number of fused-ring (bicyclic) bond motifs is 2. The number of rotatable bonds is 10. The molecule has 34 heavy (non-hydrogen) atoms. The Kier molecular flexibility index (Phi) is 9.34. The predicted octanol–water partition coefficient (Wildman–Crippen LogP) is 0.203. The quantitative estimate of drug-likeness (QED) is 0.214. The maximum atomic E-state index is 12.0. The molecule has 0 spiro atoms. The molecule has 0 unspecified atom stereocenters. The van der Waals surface area contributed by atoms with E-state index in [4.69, 9.17) is 18.9 Å². The minimum atomic E-state index is -3.29. The van der Waals surface area contributed by atoms with Crippen LogP contribution in [0.25, 0.3) is 0 Å². The molecule has 0 radical (unpaired) electrons. The average Bonchev–Trinajstić information content (AvgIpc) is 3.51. The van der Waals surface area contributed by atoms with Gasteiger partial charge in [0.25, 0.3) is 10.2 Å². The molecule has 4 aliphatic heterocycles.